The lowest BCUT2D eigenvalue weighted by Gasteiger charge is -2.28. The number of rotatable bonds is 7. The molecule has 7 heteroatoms. The molecule has 6 nitrogen and oxygen atoms in total. The Morgan fingerprint density at radius 3 is 2.33 bits per heavy atom. The SMILES string of the molecule is CCN(CC)c1ccc(C2/C(=C(\O)c3ccc(Br)cc3)C(=O)C(=O)N2CC2CCCO2)cc1. The minimum Gasteiger partial charge on any atom is -0.507 e. The fourth-order valence-electron chi connectivity index (χ4n) is 4.64. The normalized spacial score (nSPS) is 22.2. The van der Waals surface area contributed by atoms with E-state index in [0.29, 0.717) is 18.7 Å². The first-order valence-electron chi connectivity index (χ1n) is 11.5. The predicted octanol–water partition coefficient (Wildman–Crippen LogP) is 4.90. The quantitative estimate of drug-likeness (QED) is 0.324. The second-order valence-electron chi connectivity index (χ2n) is 8.36. The van der Waals surface area contributed by atoms with E-state index in [9.17, 15) is 14.7 Å². The molecule has 0 bridgehead atoms. The van der Waals surface area contributed by atoms with Gasteiger partial charge in [0.05, 0.1) is 17.7 Å². The molecule has 2 aromatic carbocycles. The Morgan fingerprint density at radius 1 is 1.09 bits per heavy atom. The highest BCUT2D eigenvalue weighted by atomic mass is 79.9. The number of ketones is 1. The summed E-state index contributed by atoms with van der Waals surface area (Å²) in [4.78, 5) is 30.1. The molecular weight excluding hydrogens is 484 g/mol. The molecule has 2 aliphatic heterocycles. The molecule has 2 saturated heterocycles. The molecule has 2 atom stereocenters. The monoisotopic (exact) mass is 512 g/mol. The largest absolute Gasteiger partial charge is 0.507 e. The van der Waals surface area contributed by atoms with E-state index in [1.807, 2.05) is 24.3 Å². The van der Waals surface area contributed by atoms with Crippen molar-refractivity contribution in [2.24, 2.45) is 0 Å². The molecule has 0 spiro atoms. The second-order valence-corrected chi connectivity index (χ2v) is 9.27. The van der Waals surface area contributed by atoms with Crippen LogP contribution in [0.3, 0.4) is 0 Å². The number of carbonyl (C=O) groups excluding carboxylic acids is 2. The maximum Gasteiger partial charge on any atom is 0.295 e. The Morgan fingerprint density at radius 2 is 1.76 bits per heavy atom. The van der Waals surface area contributed by atoms with Gasteiger partial charge in [0.1, 0.15) is 5.76 Å². The van der Waals surface area contributed by atoms with Crippen LogP contribution in [-0.2, 0) is 14.3 Å². The first-order valence-corrected chi connectivity index (χ1v) is 12.2. The van der Waals surface area contributed by atoms with Gasteiger partial charge in [0.15, 0.2) is 0 Å². The number of ether oxygens (including phenoxy) is 1. The number of halogens is 1. The molecule has 174 valence electrons. The van der Waals surface area contributed by atoms with Gasteiger partial charge in [-0.2, -0.15) is 0 Å². The minimum absolute atomic E-state index is 0.103. The highest BCUT2D eigenvalue weighted by molar-refractivity contribution is 9.10. The highest BCUT2D eigenvalue weighted by Crippen LogP contribution is 2.40. The first kappa shape index (κ1) is 23.5. The predicted molar refractivity (Wildman–Crippen MR) is 132 cm³/mol. The van der Waals surface area contributed by atoms with Crippen LogP contribution in [0, 0.1) is 0 Å². The number of amides is 1. The fourth-order valence-corrected chi connectivity index (χ4v) is 4.91. The molecule has 33 heavy (non-hydrogen) atoms. The average molecular weight is 513 g/mol. The Bertz CT molecular complexity index is 1040. The number of anilines is 1. The smallest absolute Gasteiger partial charge is 0.295 e. The second kappa shape index (κ2) is 10.1. The number of hydrogen-bond acceptors (Lipinski definition) is 5. The summed E-state index contributed by atoms with van der Waals surface area (Å²) in [6.45, 7) is 6.97. The van der Waals surface area contributed by atoms with Gasteiger partial charge in [-0.1, -0.05) is 40.2 Å². The van der Waals surface area contributed by atoms with Crippen molar-refractivity contribution in [3.8, 4) is 0 Å². The van der Waals surface area contributed by atoms with E-state index in [4.69, 9.17) is 4.74 Å². The lowest BCUT2D eigenvalue weighted by molar-refractivity contribution is -0.140. The number of benzene rings is 2. The third-order valence-electron chi connectivity index (χ3n) is 6.42. The van der Waals surface area contributed by atoms with Crippen molar-refractivity contribution in [2.45, 2.75) is 38.8 Å². The van der Waals surface area contributed by atoms with Crippen LogP contribution in [0.1, 0.15) is 43.9 Å². The van der Waals surface area contributed by atoms with Crippen molar-refractivity contribution in [3.63, 3.8) is 0 Å². The van der Waals surface area contributed by atoms with E-state index in [1.165, 1.54) is 0 Å². The summed E-state index contributed by atoms with van der Waals surface area (Å²) in [7, 11) is 0. The van der Waals surface area contributed by atoms with Crippen molar-refractivity contribution in [2.75, 3.05) is 31.1 Å². The van der Waals surface area contributed by atoms with E-state index in [2.05, 4.69) is 34.7 Å². The van der Waals surface area contributed by atoms with Crippen LogP contribution >= 0.6 is 15.9 Å². The van der Waals surface area contributed by atoms with Crippen LogP contribution in [-0.4, -0.2) is 54.0 Å². The Balaban J connectivity index is 1.78. The van der Waals surface area contributed by atoms with Crippen LogP contribution < -0.4 is 4.90 Å². The summed E-state index contributed by atoms with van der Waals surface area (Å²) in [5, 5.41) is 11.2. The molecular formula is C26H29BrN2O4. The number of nitrogens with zero attached hydrogens (tertiary/aromatic N) is 2. The van der Waals surface area contributed by atoms with Crippen LogP contribution in [0.25, 0.3) is 5.76 Å². The van der Waals surface area contributed by atoms with E-state index in [1.54, 1.807) is 29.2 Å². The summed E-state index contributed by atoms with van der Waals surface area (Å²) in [6.07, 6.45) is 1.69. The highest BCUT2D eigenvalue weighted by Gasteiger charge is 2.47. The molecule has 0 saturated carbocycles. The van der Waals surface area contributed by atoms with Crippen molar-refractivity contribution in [1.82, 2.24) is 4.90 Å². The van der Waals surface area contributed by atoms with Gasteiger partial charge in [0, 0.05) is 42.0 Å². The number of aliphatic hydroxyl groups is 1. The Labute approximate surface area is 203 Å². The van der Waals surface area contributed by atoms with E-state index >= 15 is 0 Å². The van der Waals surface area contributed by atoms with Gasteiger partial charge in [-0.25, -0.2) is 0 Å². The molecule has 1 N–H and O–H groups in total. The number of carbonyl (C=O) groups is 2. The molecule has 0 aliphatic carbocycles. The van der Waals surface area contributed by atoms with Crippen LogP contribution in [0.4, 0.5) is 5.69 Å². The standard InChI is InChI=1S/C26H29BrN2O4/c1-3-28(4-2)20-13-9-17(10-14-20)23-22(24(30)18-7-11-19(27)12-8-18)25(31)26(32)29(23)16-21-6-5-15-33-21/h7-14,21,23,30H,3-6,15-16H2,1-2H3/b24-22+. The zero-order valence-corrected chi connectivity index (χ0v) is 20.5. The van der Waals surface area contributed by atoms with Crippen molar-refractivity contribution in [1.29, 1.82) is 0 Å². The topological polar surface area (TPSA) is 70.1 Å². The average Bonchev–Trinajstić information content (AvgIpc) is 3.43. The lowest BCUT2D eigenvalue weighted by Crippen LogP contribution is -2.36. The molecule has 2 fully saturated rings. The molecule has 0 radical (unpaired) electrons. The number of hydrogen-bond donors (Lipinski definition) is 1. The van der Waals surface area contributed by atoms with Crippen molar-refractivity contribution < 1.29 is 19.4 Å². The molecule has 4 rings (SSSR count). The van der Waals surface area contributed by atoms with Gasteiger partial charge in [-0.3, -0.25) is 9.59 Å². The molecule has 1 amide bonds. The zero-order valence-electron chi connectivity index (χ0n) is 19.0. The van der Waals surface area contributed by atoms with Crippen LogP contribution in [0.5, 0.6) is 0 Å². The van der Waals surface area contributed by atoms with Gasteiger partial charge >= 0.3 is 0 Å². The summed E-state index contributed by atoms with van der Waals surface area (Å²) in [6, 6.07) is 14.3. The Hall–Kier alpha value is -2.64. The summed E-state index contributed by atoms with van der Waals surface area (Å²) in [5.74, 6) is -1.42. The number of aliphatic hydroxyl groups excluding tert-OH is 1. The summed E-state index contributed by atoms with van der Waals surface area (Å²) in [5.41, 5.74) is 2.49. The first-order chi connectivity index (χ1) is 15.9. The Kier molecular flexibility index (Phi) is 7.20. The third kappa shape index (κ3) is 4.70. The van der Waals surface area contributed by atoms with Crippen molar-refractivity contribution >= 4 is 39.1 Å². The van der Waals surface area contributed by atoms with Gasteiger partial charge in [0.25, 0.3) is 11.7 Å². The summed E-state index contributed by atoms with van der Waals surface area (Å²) < 4.78 is 6.62. The van der Waals surface area contributed by atoms with Gasteiger partial charge in [-0.15, -0.1) is 0 Å². The molecule has 0 aromatic heterocycles. The number of Topliss-reactive ketones (excluding diaryl/α,β-unsaturated/α-hetero) is 1. The van der Waals surface area contributed by atoms with E-state index in [0.717, 1.165) is 41.7 Å². The number of likely N-dealkylation sites (tertiary alicyclic amines) is 1. The van der Waals surface area contributed by atoms with Gasteiger partial charge in [0.2, 0.25) is 0 Å². The van der Waals surface area contributed by atoms with Crippen LogP contribution in [0.2, 0.25) is 0 Å². The molecule has 2 heterocycles. The third-order valence-corrected chi connectivity index (χ3v) is 6.95. The molecule has 2 aliphatic rings. The zero-order chi connectivity index (χ0) is 23.5. The van der Waals surface area contributed by atoms with E-state index < -0.39 is 17.7 Å². The molecule has 2 unspecified atom stereocenters. The van der Waals surface area contributed by atoms with Gasteiger partial charge < -0.3 is 19.6 Å². The van der Waals surface area contributed by atoms with Crippen LogP contribution in [0.15, 0.2) is 58.6 Å². The minimum atomic E-state index is -0.663. The van der Waals surface area contributed by atoms with Crippen molar-refractivity contribution in [3.05, 3.63) is 69.7 Å². The maximum absolute atomic E-state index is 13.2. The molecule has 2 aromatic rings. The summed E-state index contributed by atoms with van der Waals surface area (Å²) >= 11 is 3.39. The van der Waals surface area contributed by atoms with Gasteiger partial charge in [-0.05, 0) is 56.5 Å². The lowest BCUT2D eigenvalue weighted by atomic mass is 9.95. The fraction of sp³-hybridized carbons (Fsp3) is 0.385. The maximum atomic E-state index is 13.2. The van der Waals surface area contributed by atoms with E-state index in [-0.39, 0.29) is 17.4 Å².